The van der Waals surface area contributed by atoms with E-state index in [0.29, 0.717) is 18.0 Å². The van der Waals surface area contributed by atoms with Gasteiger partial charge in [0.1, 0.15) is 5.75 Å². The lowest BCUT2D eigenvalue weighted by Crippen LogP contribution is -2.28. The molecule has 0 radical (unpaired) electrons. The van der Waals surface area contributed by atoms with Gasteiger partial charge in [-0.15, -0.1) is 0 Å². The summed E-state index contributed by atoms with van der Waals surface area (Å²) >= 11 is 0. The average Bonchev–Trinajstić information content (AvgIpc) is 2.19. The molecule has 0 bridgehead atoms. The lowest BCUT2D eigenvalue weighted by Gasteiger charge is -2.19. The lowest BCUT2D eigenvalue weighted by molar-refractivity contribution is 0.202. The van der Waals surface area contributed by atoms with Gasteiger partial charge in [0.2, 0.25) is 0 Å². The number of benzene rings is 1. The predicted molar refractivity (Wildman–Crippen MR) is 54.0 cm³/mol. The third-order valence-corrected chi connectivity index (χ3v) is 1.92. The Bertz CT molecular complexity index is 325. The van der Waals surface area contributed by atoms with Crippen LogP contribution in [0.4, 0.5) is 10.5 Å². The molecule has 1 aromatic rings. The molecule has 0 spiro atoms. The Morgan fingerprint density at radius 3 is 2.64 bits per heavy atom. The second-order valence-electron chi connectivity index (χ2n) is 2.70. The van der Waals surface area contributed by atoms with E-state index in [2.05, 4.69) is 0 Å². The highest BCUT2D eigenvalue weighted by molar-refractivity contribution is 5.88. The van der Waals surface area contributed by atoms with Gasteiger partial charge in [0.25, 0.3) is 0 Å². The molecule has 14 heavy (non-hydrogen) atoms. The summed E-state index contributed by atoms with van der Waals surface area (Å²) in [4.78, 5) is 12.1. The first-order valence-electron chi connectivity index (χ1n) is 4.34. The van der Waals surface area contributed by atoms with Crippen molar-refractivity contribution in [3.8, 4) is 5.75 Å². The molecule has 0 atom stereocenters. The zero-order valence-corrected chi connectivity index (χ0v) is 8.23. The van der Waals surface area contributed by atoms with Gasteiger partial charge in [0.15, 0.2) is 0 Å². The van der Waals surface area contributed by atoms with E-state index in [1.54, 1.807) is 31.2 Å². The molecule has 0 unspecified atom stereocenters. The second-order valence-corrected chi connectivity index (χ2v) is 2.70. The fourth-order valence-electron chi connectivity index (χ4n) is 1.26. The number of hydrogen-bond acceptors (Lipinski definition) is 2. The van der Waals surface area contributed by atoms with Crippen LogP contribution in [0.3, 0.4) is 0 Å². The molecule has 0 fully saturated rings. The number of hydrogen-bond donors (Lipinski definition) is 1. The van der Waals surface area contributed by atoms with Crippen LogP contribution in [-0.4, -0.2) is 24.9 Å². The highest BCUT2D eigenvalue weighted by Crippen LogP contribution is 2.27. The van der Waals surface area contributed by atoms with Crippen molar-refractivity contribution in [2.24, 2.45) is 0 Å². The predicted octanol–water partition coefficient (Wildman–Crippen LogP) is 2.20. The molecule has 4 heteroatoms. The summed E-state index contributed by atoms with van der Waals surface area (Å²) in [6, 6.07) is 7.04. The minimum Gasteiger partial charge on any atom is -0.495 e. The van der Waals surface area contributed by atoms with Crippen molar-refractivity contribution < 1.29 is 14.6 Å². The van der Waals surface area contributed by atoms with Gasteiger partial charge in [-0.05, 0) is 19.1 Å². The van der Waals surface area contributed by atoms with E-state index in [0.717, 1.165) is 0 Å². The maximum atomic E-state index is 10.9. The molecular weight excluding hydrogens is 182 g/mol. The Morgan fingerprint density at radius 2 is 2.14 bits per heavy atom. The van der Waals surface area contributed by atoms with Crippen LogP contribution in [0.2, 0.25) is 0 Å². The summed E-state index contributed by atoms with van der Waals surface area (Å²) < 4.78 is 5.07. The van der Waals surface area contributed by atoms with Crippen LogP contribution in [0.25, 0.3) is 0 Å². The minimum absolute atomic E-state index is 0.399. The maximum Gasteiger partial charge on any atom is 0.411 e. The van der Waals surface area contributed by atoms with Gasteiger partial charge in [0, 0.05) is 6.54 Å². The van der Waals surface area contributed by atoms with Crippen molar-refractivity contribution in [2.45, 2.75) is 6.92 Å². The van der Waals surface area contributed by atoms with Gasteiger partial charge < -0.3 is 9.84 Å². The van der Waals surface area contributed by atoms with Crippen LogP contribution >= 0.6 is 0 Å². The van der Waals surface area contributed by atoms with Gasteiger partial charge >= 0.3 is 6.09 Å². The van der Waals surface area contributed by atoms with E-state index in [9.17, 15) is 4.79 Å². The van der Waals surface area contributed by atoms with Crippen molar-refractivity contribution >= 4 is 11.8 Å². The minimum atomic E-state index is -0.975. The van der Waals surface area contributed by atoms with Crippen molar-refractivity contribution in [2.75, 3.05) is 18.6 Å². The maximum absolute atomic E-state index is 10.9. The fraction of sp³-hybridized carbons (Fsp3) is 0.300. The molecule has 1 aromatic carbocycles. The number of anilines is 1. The van der Waals surface area contributed by atoms with E-state index in [-0.39, 0.29) is 0 Å². The summed E-state index contributed by atoms with van der Waals surface area (Å²) in [5.74, 6) is 0.566. The molecule has 4 nitrogen and oxygen atoms in total. The molecule has 1 rings (SSSR count). The van der Waals surface area contributed by atoms with Gasteiger partial charge in [-0.25, -0.2) is 4.79 Å². The Labute approximate surface area is 82.7 Å². The lowest BCUT2D eigenvalue weighted by atomic mass is 10.2. The molecule has 0 aliphatic carbocycles. The van der Waals surface area contributed by atoms with Crippen molar-refractivity contribution in [1.82, 2.24) is 0 Å². The first kappa shape index (κ1) is 10.4. The third kappa shape index (κ3) is 1.96. The Kier molecular flexibility index (Phi) is 3.34. The summed E-state index contributed by atoms with van der Waals surface area (Å²) in [7, 11) is 1.52. The van der Waals surface area contributed by atoms with Crippen molar-refractivity contribution in [3.63, 3.8) is 0 Å². The Hall–Kier alpha value is -1.71. The van der Waals surface area contributed by atoms with Crippen molar-refractivity contribution in [1.29, 1.82) is 0 Å². The van der Waals surface area contributed by atoms with Crippen molar-refractivity contribution in [3.05, 3.63) is 24.3 Å². The average molecular weight is 195 g/mol. The van der Waals surface area contributed by atoms with E-state index >= 15 is 0 Å². The second kappa shape index (κ2) is 4.50. The van der Waals surface area contributed by atoms with Crippen LogP contribution in [-0.2, 0) is 0 Å². The molecule has 1 N–H and O–H groups in total. The summed E-state index contributed by atoms with van der Waals surface area (Å²) in [5, 5.41) is 8.92. The van der Waals surface area contributed by atoms with Gasteiger partial charge in [-0.1, -0.05) is 12.1 Å². The highest BCUT2D eigenvalue weighted by atomic mass is 16.5. The first-order chi connectivity index (χ1) is 6.70. The molecule has 0 saturated heterocycles. The van der Waals surface area contributed by atoms with E-state index in [1.165, 1.54) is 12.0 Å². The number of carbonyl (C=O) groups is 1. The topological polar surface area (TPSA) is 49.8 Å². The van der Waals surface area contributed by atoms with Gasteiger partial charge in [-0.2, -0.15) is 0 Å². The molecule has 0 aromatic heterocycles. The number of nitrogens with zero attached hydrogens (tertiary/aromatic N) is 1. The van der Waals surface area contributed by atoms with Crippen LogP contribution < -0.4 is 9.64 Å². The number of carboxylic acid groups (broad SMARTS) is 1. The molecule has 0 aliphatic heterocycles. The molecule has 0 saturated carbocycles. The Morgan fingerprint density at radius 1 is 1.50 bits per heavy atom. The normalized spacial score (nSPS) is 9.57. The van der Waals surface area contributed by atoms with Gasteiger partial charge in [0.05, 0.1) is 12.8 Å². The van der Waals surface area contributed by atoms with Crippen LogP contribution in [0.5, 0.6) is 5.75 Å². The zero-order chi connectivity index (χ0) is 10.6. The fourth-order valence-corrected chi connectivity index (χ4v) is 1.26. The molecule has 0 aliphatic rings. The van der Waals surface area contributed by atoms with Crippen LogP contribution in [0.15, 0.2) is 24.3 Å². The van der Waals surface area contributed by atoms with Crippen LogP contribution in [0.1, 0.15) is 6.92 Å². The quantitative estimate of drug-likeness (QED) is 0.804. The zero-order valence-electron chi connectivity index (χ0n) is 8.23. The number of methoxy groups -OCH3 is 1. The number of rotatable bonds is 3. The molecule has 0 heterocycles. The highest BCUT2D eigenvalue weighted by Gasteiger charge is 2.15. The molecule has 1 amide bonds. The van der Waals surface area contributed by atoms with Gasteiger partial charge in [-0.3, -0.25) is 4.90 Å². The Balaban J connectivity index is 3.08. The molecule has 76 valence electrons. The number of amides is 1. The van der Waals surface area contributed by atoms with E-state index in [4.69, 9.17) is 9.84 Å². The SMILES string of the molecule is CCN(C(=O)O)c1ccccc1OC. The third-order valence-electron chi connectivity index (χ3n) is 1.92. The molecular formula is C10H13NO3. The largest absolute Gasteiger partial charge is 0.495 e. The standard InChI is InChI=1S/C10H13NO3/c1-3-11(10(12)13)8-6-4-5-7-9(8)14-2/h4-7H,3H2,1-2H3,(H,12,13). The summed E-state index contributed by atoms with van der Waals surface area (Å²) in [6.45, 7) is 2.18. The summed E-state index contributed by atoms with van der Waals surface area (Å²) in [5.41, 5.74) is 0.574. The number of para-hydroxylation sites is 2. The number of ether oxygens (including phenoxy) is 1. The van der Waals surface area contributed by atoms with Crippen LogP contribution in [0, 0.1) is 0 Å². The van der Waals surface area contributed by atoms with E-state index < -0.39 is 6.09 Å². The van der Waals surface area contributed by atoms with E-state index in [1.807, 2.05) is 0 Å². The summed E-state index contributed by atoms with van der Waals surface area (Å²) in [6.07, 6.45) is -0.975. The first-order valence-corrected chi connectivity index (χ1v) is 4.34. The smallest absolute Gasteiger partial charge is 0.411 e. The monoisotopic (exact) mass is 195 g/mol.